The summed E-state index contributed by atoms with van der Waals surface area (Å²) in [5.41, 5.74) is 0.376. The molecule has 0 radical (unpaired) electrons. The zero-order valence-electron chi connectivity index (χ0n) is 6.30. The number of carbonyl (C=O) groups excluding carboxylic acids is 1. The third kappa shape index (κ3) is 1.58. The van der Waals surface area contributed by atoms with E-state index in [1.807, 2.05) is 0 Å². The Kier molecular flexibility index (Phi) is 2.38. The number of benzene rings is 1. The van der Waals surface area contributed by atoms with E-state index in [2.05, 4.69) is 4.74 Å². The SMILES string of the molecule is Cc1cc(F)c(F)cc1OC=O. The molecule has 0 N–H and O–H groups in total. The Balaban J connectivity index is 3.13. The molecule has 0 aliphatic rings. The third-order valence-electron chi connectivity index (χ3n) is 1.39. The van der Waals surface area contributed by atoms with Gasteiger partial charge in [0.15, 0.2) is 11.6 Å². The van der Waals surface area contributed by atoms with Gasteiger partial charge in [0, 0.05) is 6.07 Å². The van der Waals surface area contributed by atoms with Crippen molar-refractivity contribution in [2.24, 2.45) is 0 Å². The standard InChI is InChI=1S/C8H6F2O2/c1-5-2-6(9)7(10)3-8(5)12-4-11/h2-4H,1H3. The summed E-state index contributed by atoms with van der Waals surface area (Å²) in [7, 11) is 0. The molecule has 0 bridgehead atoms. The zero-order chi connectivity index (χ0) is 9.14. The van der Waals surface area contributed by atoms with Crippen molar-refractivity contribution in [3.8, 4) is 5.75 Å². The second-order valence-corrected chi connectivity index (χ2v) is 2.25. The van der Waals surface area contributed by atoms with Crippen LogP contribution in [0, 0.1) is 18.6 Å². The quantitative estimate of drug-likeness (QED) is 0.636. The molecule has 0 heterocycles. The Labute approximate surface area is 67.8 Å². The molecule has 1 aromatic carbocycles. The topological polar surface area (TPSA) is 26.3 Å². The highest BCUT2D eigenvalue weighted by molar-refractivity contribution is 5.47. The highest BCUT2D eigenvalue weighted by Gasteiger charge is 2.06. The molecule has 64 valence electrons. The van der Waals surface area contributed by atoms with E-state index in [0.717, 1.165) is 12.1 Å². The maximum Gasteiger partial charge on any atom is 0.298 e. The van der Waals surface area contributed by atoms with Crippen LogP contribution >= 0.6 is 0 Å². The molecule has 0 saturated heterocycles. The Hall–Kier alpha value is -1.45. The Morgan fingerprint density at radius 2 is 1.92 bits per heavy atom. The van der Waals surface area contributed by atoms with Crippen LogP contribution in [0.1, 0.15) is 5.56 Å². The summed E-state index contributed by atoms with van der Waals surface area (Å²) in [5, 5.41) is 0. The number of carbonyl (C=O) groups is 1. The first-order valence-electron chi connectivity index (χ1n) is 3.21. The number of ether oxygens (including phenoxy) is 1. The predicted molar refractivity (Wildman–Crippen MR) is 37.8 cm³/mol. The van der Waals surface area contributed by atoms with Crippen LogP contribution < -0.4 is 4.74 Å². The van der Waals surface area contributed by atoms with Gasteiger partial charge in [-0.1, -0.05) is 0 Å². The smallest absolute Gasteiger partial charge is 0.298 e. The van der Waals surface area contributed by atoms with E-state index in [9.17, 15) is 13.6 Å². The molecular formula is C8H6F2O2. The van der Waals surface area contributed by atoms with E-state index >= 15 is 0 Å². The minimum atomic E-state index is -1.03. The molecule has 0 spiro atoms. The summed E-state index contributed by atoms with van der Waals surface area (Å²) in [5.74, 6) is -1.95. The van der Waals surface area contributed by atoms with Crippen LogP contribution in [-0.2, 0) is 4.79 Å². The van der Waals surface area contributed by atoms with Crippen molar-refractivity contribution in [3.63, 3.8) is 0 Å². The zero-order valence-corrected chi connectivity index (χ0v) is 6.30. The summed E-state index contributed by atoms with van der Waals surface area (Å²) in [6, 6.07) is 1.80. The first-order chi connectivity index (χ1) is 5.65. The van der Waals surface area contributed by atoms with Crippen molar-refractivity contribution >= 4 is 6.47 Å². The Morgan fingerprint density at radius 3 is 2.50 bits per heavy atom. The molecule has 1 aromatic rings. The summed E-state index contributed by atoms with van der Waals surface area (Å²) in [6.07, 6.45) is 0. The molecule has 4 heteroatoms. The van der Waals surface area contributed by atoms with Gasteiger partial charge in [-0.25, -0.2) is 8.78 Å². The van der Waals surface area contributed by atoms with Crippen LogP contribution in [0.5, 0.6) is 5.75 Å². The minimum Gasteiger partial charge on any atom is -0.428 e. The Bertz CT molecular complexity index is 310. The maximum atomic E-state index is 12.5. The van der Waals surface area contributed by atoms with Gasteiger partial charge in [0.1, 0.15) is 5.75 Å². The van der Waals surface area contributed by atoms with E-state index in [4.69, 9.17) is 0 Å². The number of aryl methyl sites for hydroxylation is 1. The van der Waals surface area contributed by atoms with Crippen molar-refractivity contribution in [1.29, 1.82) is 0 Å². The molecule has 0 unspecified atom stereocenters. The molecule has 12 heavy (non-hydrogen) atoms. The molecule has 2 nitrogen and oxygen atoms in total. The van der Waals surface area contributed by atoms with Gasteiger partial charge < -0.3 is 4.74 Å². The van der Waals surface area contributed by atoms with Crippen LogP contribution in [0.15, 0.2) is 12.1 Å². The van der Waals surface area contributed by atoms with Gasteiger partial charge in [-0.3, -0.25) is 4.79 Å². The fourth-order valence-electron chi connectivity index (χ4n) is 0.807. The molecule has 1 rings (SSSR count). The number of hydrogen-bond donors (Lipinski definition) is 0. The van der Waals surface area contributed by atoms with E-state index < -0.39 is 11.6 Å². The Morgan fingerprint density at radius 1 is 1.33 bits per heavy atom. The third-order valence-corrected chi connectivity index (χ3v) is 1.39. The first kappa shape index (κ1) is 8.64. The summed E-state index contributed by atoms with van der Waals surface area (Å²) in [4.78, 5) is 9.88. The van der Waals surface area contributed by atoms with Gasteiger partial charge in [-0.05, 0) is 18.6 Å². The lowest BCUT2D eigenvalue weighted by molar-refractivity contribution is -0.120. The molecule has 0 aliphatic carbocycles. The molecule has 0 aromatic heterocycles. The summed E-state index contributed by atoms with van der Waals surface area (Å²) < 4.78 is 29.4. The highest BCUT2D eigenvalue weighted by Crippen LogP contribution is 2.20. The van der Waals surface area contributed by atoms with Gasteiger partial charge >= 0.3 is 0 Å². The number of hydrogen-bond acceptors (Lipinski definition) is 2. The normalized spacial score (nSPS) is 9.58. The van der Waals surface area contributed by atoms with Gasteiger partial charge in [0.25, 0.3) is 6.47 Å². The molecule has 0 atom stereocenters. The second-order valence-electron chi connectivity index (χ2n) is 2.25. The number of rotatable bonds is 2. The lowest BCUT2D eigenvalue weighted by atomic mass is 10.2. The van der Waals surface area contributed by atoms with Gasteiger partial charge in [-0.15, -0.1) is 0 Å². The average molecular weight is 172 g/mol. The van der Waals surface area contributed by atoms with Gasteiger partial charge in [0.2, 0.25) is 0 Å². The van der Waals surface area contributed by atoms with Crippen LogP contribution in [-0.4, -0.2) is 6.47 Å². The number of halogens is 2. The first-order valence-corrected chi connectivity index (χ1v) is 3.21. The van der Waals surface area contributed by atoms with Crippen LogP contribution in [0.2, 0.25) is 0 Å². The van der Waals surface area contributed by atoms with E-state index in [1.54, 1.807) is 0 Å². The minimum absolute atomic E-state index is 0.0314. The fourth-order valence-corrected chi connectivity index (χ4v) is 0.807. The largest absolute Gasteiger partial charge is 0.428 e. The molecular weight excluding hydrogens is 166 g/mol. The lowest BCUT2D eigenvalue weighted by Gasteiger charge is -2.02. The van der Waals surface area contributed by atoms with Crippen molar-refractivity contribution in [1.82, 2.24) is 0 Å². The van der Waals surface area contributed by atoms with Crippen LogP contribution in [0.25, 0.3) is 0 Å². The van der Waals surface area contributed by atoms with E-state index in [1.165, 1.54) is 6.92 Å². The lowest BCUT2D eigenvalue weighted by Crippen LogP contribution is -1.94. The van der Waals surface area contributed by atoms with E-state index in [-0.39, 0.29) is 12.2 Å². The van der Waals surface area contributed by atoms with Crippen molar-refractivity contribution in [2.75, 3.05) is 0 Å². The maximum absolute atomic E-state index is 12.5. The van der Waals surface area contributed by atoms with Gasteiger partial charge in [0.05, 0.1) is 0 Å². The predicted octanol–water partition coefficient (Wildman–Crippen LogP) is 1.81. The fraction of sp³-hybridized carbons (Fsp3) is 0.125. The van der Waals surface area contributed by atoms with E-state index in [0.29, 0.717) is 5.56 Å². The molecule has 0 fully saturated rings. The van der Waals surface area contributed by atoms with Crippen molar-refractivity contribution < 1.29 is 18.3 Å². The monoisotopic (exact) mass is 172 g/mol. The van der Waals surface area contributed by atoms with Crippen molar-refractivity contribution in [3.05, 3.63) is 29.3 Å². The molecule has 0 saturated carbocycles. The summed E-state index contributed by atoms with van der Waals surface area (Å²) >= 11 is 0. The van der Waals surface area contributed by atoms with Crippen LogP contribution in [0.4, 0.5) is 8.78 Å². The average Bonchev–Trinajstić information content (AvgIpc) is 2.01. The second kappa shape index (κ2) is 3.30. The highest BCUT2D eigenvalue weighted by atomic mass is 19.2. The van der Waals surface area contributed by atoms with Gasteiger partial charge in [-0.2, -0.15) is 0 Å². The van der Waals surface area contributed by atoms with Crippen LogP contribution in [0.3, 0.4) is 0 Å². The molecule has 0 aliphatic heterocycles. The molecule has 0 amide bonds. The summed E-state index contributed by atoms with van der Waals surface area (Å²) in [6.45, 7) is 1.68. The van der Waals surface area contributed by atoms with Crippen molar-refractivity contribution in [2.45, 2.75) is 6.92 Å².